The highest BCUT2D eigenvalue weighted by atomic mass is 127. The SMILES string of the molecule is CN(C)C1C(O)=C(C(N)=O)C(=O)[C@@]2(O)C(O)=C3C(=O)C(=C\O)/C(=C/I)CC3CC12. The third-order valence-corrected chi connectivity index (χ3v) is 6.71. The van der Waals surface area contributed by atoms with Gasteiger partial charge in [0.05, 0.1) is 17.9 Å². The highest BCUT2D eigenvalue weighted by Gasteiger charge is 2.63. The molecule has 3 aliphatic carbocycles. The van der Waals surface area contributed by atoms with E-state index in [4.69, 9.17) is 5.73 Å². The largest absolute Gasteiger partial charge is 0.515 e. The van der Waals surface area contributed by atoms with Crippen molar-refractivity contribution in [3.05, 3.63) is 44.2 Å². The molecule has 3 aliphatic rings. The van der Waals surface area contributed by atoms with Crippen LogP contribution in [0, 0.1) is 11.8 Å². The third kappa shape index (κ3) is 2.84. The number of aliphatic hydroxyl groups excluding tert-OH is 3. The van der Waals surface area contributed by atoms with Crippen LogP contribution in [0.5, 0.6) is 0 Å². The molecule has 0 bridgehead atoms. The Morgan fingerprint density at radius 1 is 1.31 bits per heavy atom. The van der Waals surface area contributed by atoms with Crippen LogP contribution in [0.2, 0.25) is 0 Å². The van der Waals surface area contributed by atoms with Gasteiger partial charge in [0.15, 0.2) is 11.4 Å². The second-order valence-corrected chi connectivity index (χ2v) is 8.26. The molecule has 6 N–H and O–H groups in total. The molecule has 9 nitrogen and oxygen atoms in total. The molecular weight excluding hydrogens is 495 g/mol. The van der Waals surface area contributed by atoms with Crippen molar-refractivity contribution in [1.29, 1.82) is 0 Å². The molecule has 3 rings (SSSR count). The van der Waals surface area contributed by atoms with Crippen LogP contribution in [0.1, 0.15) is 12.8 Å². The lowest BCUT2D eigenvalue weighted by Crippen LogP contribution is -2.63. The number of halogens is 1. The molecule has 0 aromatic carbocycles. The number of allylic oxidation sites excluding steroid dienone is 3. The summed E-state index contributed by atoms with van der Waals surface area (Å²) in [7, 11) is 3.17. The van der Waals surface area contributed by atoms with Crippen molar-refractivity contribution in [2.75, 3.05) is 14.1 Å². The number of carbonyl (C=O) groups is 3. The number of fused-ring (bicyclic) bond motifs is 2. The van der Waals surface area contributed by atoms with Gasteiger partial charge in [-0.05, 0) is 42.5 Å². The van der Waals surface area contributed by atoms with E-state index in [0.717, 1.165) is 0 Å². The standard InChI is InChI=1S/C19H21IN2O7/c1-22(2)13-10-4-7-3-8(5-20)9(6-23)14(24)11(7)16(26)19(10,29)17(27)12(15(13)25)18(21)28/h5-7,10,13,23,25-26,29H,3-4H2,1-2H3,(H2,21,28)/b8-5+,9-6-/t7?,10?,13?,19-/m0/s1. The quantitative estimate of drug-likeness (QED) is 0.155. The van der Waals surface area contributed by atoms with Crippen LogP contribution in [0.25, 0.3) is 0 Å². The Kier molecular flexibility index (Phi) is 5.39. The predicted octanol–water partition coefficient (Wildman–Crippen LogP) is 0.710. The van der Waals surface area contributed by atoms with E-state index in [9.17, 15) is 34.8 Å². The first kappa shape index (κ1) is 21.5. The Bertz CT molecular complexity index is 946. The van der Waals surface area contributed by atoms with Gasteiger partial charge >= 0.3 is 0 Å². The van der Waals surface area contributed by atoms with E-state index in [-0.39, 0.29) is 24.0 Å². The summed E-state index contributed by atoms with van der Waals surface area (Å²) in [5, 5.41) is 42.4. The van der Waals surface area contributed by atoms with E-state index in [1.54, 1.807) is 18.2 Å². The number of nitrogens with two attached hydrogens (primary N) is 1. The average Bonchev–Trinajstić information content (AvgIpc) is 2.63. The smallest absolute Gasteiger partial charge is 0.255 e. The summed E-state index contributed by atoms with van der Waals surface area (Å²) in [6, 6.07) is -0.985. The maximum Gasteiger partial charge on any atom is 0.255 e. The summed E-state index contributed by atoms with van der Waals surface area (Å²) >= 11 is 1.94. The van der Waals surface area contributed by atoms with Crippen LogP contribution in [0.4, 0.5) is 0 Å². The molecule has 1 saturated carbocycles. The molecule has 1 amide bonds. The van der Waals surface area contributed by atoms with E-state index < -0.39 is 58.0 Å². The number of primary amides is 1. The topological polar surface area (TPSA) is 161 Å². The number of aliphatic hydroxyl groups is 4. The lowest BCUT2D eigenvalue weighted by molar-refractivity contribution is -0.149. The van der Waals surface area contributed by atoms with E-state index >= 15 is 0 Å². The highest BCUT2D eigenvalue weighted by Crippen LogP contribution is 2.52. The van der Waals surface area contributed by atoms with Gasteiger partial charge in [0, 0.05) is 11.5 Å². The van der Waals surface area contributed by atoms with Crippen molar-refractivity contribution in [1.82, 2.24) is 4.90 Å². The summed E-state index contributed by atoms with van der Waals surface area (Å²) in [4.78, 5) is 39.3. The number of ketones is 2. The fraction of sp³-hybridized carbons (Fsp3) is 0.421. The number of nitrogens with zero attached hydrogens (tertiary/aromatic N) is 1. The first-order valence-corrected chi connectivity index (χ1v) is 10.1. The Morgan fingerprint density at radius 2 is 1.93 bits per heavy atom. The molecule has 0 heterocycles. The molecule has 0 aromatic heterocycles. The average molecular weight is 516 g/mol. The van der Waals surface area contributed by atoms with E-state index in [1.165, 1.54) is 4.90 Å². The minimum atomic E-state index is -2.60. The van der Waals surface area contributed by atoms with Gasteiger partial charge in [-0.15, -0.1) is 0 Å². The van der Waals surface area contributed by atoms with Crippen LogP contribution in [0.15, 0.2) is 44.2 Å². The number of hydrogen-bond acceptors (Lipinski definition) is 8. The zero-order valence-electron chi connectivity index (χ0n) is 15.7. The van der Waals surface area contributed by atoms with Crippen LogP contribution in [-0.4, -0.2) is 68.5 Å². The zero-order chi connectivity index (χ0) is 21.8. The first-order chi connectivity index (χ1) is 13.5. The fourth-order valence-electron chi connectivity index (χ4n) is 4.68. The molecule has 10 heteroatoms. The molecular formula is C19H21IN2O7. The van der Waals surface area contributed by atoms with Crippen LogP contribution in [-0.2, 0) is 14.4 Å². The van der Waals surface area contributed by atoms with Crippen molar-refractivity contribution >= 4 is 40.1 Å². The summed E-state index contributed by atoms with van der Waals surface area (Å²) in [5.74, 6) is -6.19. The van der Waals surface area contributed by atoms with Crippen molar-refractivity contribution in [3.8, 4) is 0 Å². The summed E-state index contributed by atoms with van der Waals surface area (Å²) < 4.78 is 1.64. The molecule has 0 aliphatic heterocycles. The molecule has 0 aromatic rings. The second kappa shape index (κ2) is 7.26. The molecule has 0 saturated heterocycles. The summed E-state index contributed by atoms with van der Waals surface area (Å²) in [6.45, 7) is 0. The van der Waals surface area contributed by atoms with Gasteiger partial charge in [0.2, 0.25) is 5.78 Å². The minimum absolute atomic E-state index is 0.0415. The number of Topliss-reactive ketones (excluding diaryl/α,β-unsaturated/α-hetero) is 2. The van der Waals surface area contributed by atoms with Crippen LogP contribution < -0.4 is 5.73 Å². The molecule has 1 fully saturated rings. The lowest BCUT2D eigenvalue weighted by Gasteiger charge is -2.50. The Morgan fingerprint density at radius 3 is 2.41 bits per heavy atom. The van der Waals surface area contributed by atoms with Gasteiger partial charge in [-0.2, -0.15) is 0 Å². The monoisotopic (exact) mass is 516 g/mol. The zero-order valence-corrected chi connectivity index (χ0v) is 17.9. The lowest BCUT2D eigenvalue weighted by atomic mass is 9.58. The van der Waals surface area contributed by atoms with Crippen LogP contribution in [0.3, 0.4) is 0 Å². The summed E-state index contributed by atoms with van der Waals surface area (Å²) in [6.07, 6.45) is 0.999. The fourth-order valence-corrected chi connectivity index (χ4v) is 5.27. The van der Waals surface area contributed by atoms with Gasteiger partial charge in [-0.25, -0.2) is 0 Å². The van der Waals surface area contributed by atoms with Crippen molar-refractivity contribution < 1.29 is 34.8 Å². The van der Waals surface area contributed by atoms with Crippen molar-refractivity contribution in [3.63, 3.8) is 0 Å². The number of hydrogen-bond donors (Lipinski definition) is 5. The van der Waals surface area contributed by atoms with Crippen molar-refractivity contribution in [2.24, 2.45) is 17.6 Å². The van der Waals surface area contributed by atoms with E-state index in [2.05, 4.69) is 0 Å². The minimum Gasteiger partial charge on any atom is -0.515 e. The Hall–Kier alpha value is -2.18. The van der Waals surface area contributed by atoms with Gasteiger partial charge in [0.25, 0.3) is 5.91 Å². The molecule has 0 spiro atoms. The highest BCUT2D eigenvalue weighted by molar-refractivity contribution is 14.1. The molecule has 0 radical (unpaired) electrons. The maximum absolute atomic E-state index is 13.0. The number of likely N-dealkylation sites (N-methyl/N-ethyl adjacent to an activating group) is 1. The summed E-state index contributed by atoms with van der Waals surface area (Å²) in [5.41, 5.74) is 2.19. The van der Waals surface area contributed by atoms with Crippen LogP contribution >= 0.6 is 22.6 Å². The molecule has 156 valence electrons. The predicted molar refractivity (Wildman–Crippen MR) is 110 cm³/mol. The van der Waals surface area contributed by atoms with Gasteiger partial charge in [-0.1, -0.05) is 22.6 Å². The molecule has 3 unspecified atom stereocenters. The second-order valence-electron chi connectivity index (χ2n) is 7.64. The number of carbonyl (C=O) groups excluding carboxylic acids is 3. The number of rotatable bonds is 2. The van der Waals surface area contributed by atoms with Gasteiger partial charge in [-0.3, -0.25) is 19.3 Å². The molecule has 4 atom stereocenters. The van der Waals surface area contributed by atoms with Gasteiger partial charge < -0.3 is 26.2 Å². The molecule has 29 heavy (non-hydrogen) atoms. The normalized spacial score (nSPS) is 35.4. The first-order valence-electron chi connectivity index (χ1n) is 8.81. The van der Waals surface area contributed by atoms with Gasteiger partial charge in [0.1, 0.15) is 17.1 Å². The van der Waals surface area contributed by atoms with E-state index in [0.29, 0.717) is 11.8 Å². The maximum atomic E-state index is 13.0. The van der Waals surface area contributed by atoms with E-state index in [1.807, 2.05) is 22.6 Å². The third-order valence-electron chi connectivity index (χ3n) is 5.96. The Labute approximate surface area is 180 Å². The number of amides is 1. The Balaban J connectivity index is 2.29. The van der Waals surface area contributed by atoms with Crippen molar-refractivity contribution in [2.45, 2.75) is 24.5 Å².